The number of nitrogens with one attached hydrogen (secondary N) is 2. The average Bonchev–Trinajstić information content (AvgIpc) is 3.10. The maximum Gasteiger partial charge on any atom is 0.220 e. The maximum absolute atomic E-state index is 11.6. The van der Waals surface area contributed by atoms with Crippen LogP contribution in [0.5, 0.6) is 0 Å². The summed E-state index contributed by atoms with van der Waals surface area (Å²) >= 11 is 1.69. The van der Waals surface area contributed by atoms with Crippen molar-refractivity contribution >= 4 is 23.2 Å². The molecule has 6 nitrogen and oxygen atoms in total. The summed E-state index contributed by atoms with van der Waals surface area (Å²) in [6.45, 7) is 5.57. The highest BCUT2D eigenvalue weighted by atomic mass is 32.1. The molecule has 1 unspecified atom stereocenters. The van der Waals surface area contributed by atoms with Crippen molar-refractivity contribution in [2.45, 2.75) is 32.6 Å². The van der Waals surface area contributed by atoms with Gasteiger partial charge in [-0.15, -0.1) is 11.3 Å². The Morgan fingerprint density at radius 2 is 2.48 bits per heavy atom. The Hall–Kier alpha value is -1.63. The number of hydrogen-bond acceptors (Lipinski definition) is 4. The first-order valence-electron chi connectivity index (χ1n) is 8.24. The number of thiazole rings is 1. The highest BCUT2D eigenvalue weighted by Gasteiger charge is 2.42. The molecule has 0 aromatic carbocycles. The monoisotopic (exact) mass is 335 g/mol. The number of carbonyl (C=O) groups is 1. The molecule has 1 spiro atoms. The zero-order valence-electron chi connectivity index (χ0n) is 13.9. The summed E-state index contributed by atoms with van der Waals surface area (Å²) in [7, 11) is 1.83. The van der Waals surface area contributed by atoms with Crippen molar-refractivity contribution in [2.24, 2.45) is 10.4 Å². The van der Waals surface area contributed by atoms with Crippen molar-refractivity contribution in [3.05, 3.63) is 16.1 Å². The molecule has 126 valence electrons. The molecule has 3 rings (SSSR count). The molecule has 3 heterocycles. The van der Waals surface area contributed by atoms with Gasteiger partial charge in [-0.1, -0.05) is 0 Å². The van der Waals surface area contributed by atoms with E-state index in [1.807, 2.05) is 14.0 Å². The average molecular weight is 335 g/mol. The number of hydrogen-bond donors (Lipinski definition) is 2. The number of piperidine rings is 1. The van der Waals surface area contributed by atoms with Gasteiger partial charge in [0.05, 0.1) is 10.7 Å². The molecule has 1 aromatic rings. The maximum atomic E-state index is 11.6. The van der Waals surface area contributed by atoms with Gasteiger partial charge in [0.25, 0.3) is 0 Å². The lowest BCUT2D eigenvalue weighted by atomic mass is 9.79. The van der Waals surface area contributed by atoms with Crippen molar-refractivity contribution in [3.63, 3.8) is 0 Å². The third-order valence-electron chi connectivity index (χ3n) is 4.70. The SMILES string of the molecule is CN=C(NCCc1csc(C)n1)N1CCCC2(CNC(=O)C2)C1. The first kappa shape index (κ1) is 16.2. The fraction of sp³-hybridized carbons (Fsp3) is 0.688. The number of aromatic nitrogens is 1. The lowest BCUT2D eigenvalue weighted by Crippen LogP contribution is -2.51. The van der Waals surface area contributed by atoms with E-state index in [0.29, 0.717) is 6.42 Å². The van der Waals surface area contributed by atoms with Crippen LogP contribution in [0.4, 0.5) is 0 Å². The van der Waals surface area contributed by atoms with Crippen LogP contribution in [0.2, 0.25) is 0 Å². The Bertz CT molecular complexity index is 599. The molecule has 0 aliphatic carbocycles. The molecule has 0 saturated carbocycles. The van der Waals surface area contributed by atoms with Crippen molar-refractivity contribution in [2.75, 3.05) is 33.2 Å². The largest absolute Gasteiger partial charge is 0.356 e. The van der Waals surface area contributed by atoms with Crippen LogP contribution in [0.3, 0.4) is 0 Å². The standard InChI is InChI=1S/C16H25N5OS/c1-12-20-13(9-23-12)4-6-18-15(17-2)21-7-3-5-16(11-21)8-14(22)19-10-16/h9H,3-8,10-11H2,1-2H3,(H,17,18)(H,19,22). The molecule has 2 aliphatic heterocycles. The second-order valence-electron chi connectivity index (χ2n) is 6.56. The number of nitrogens with zero attached hydrogens (tertiary/aromatic N) is 3. The van der Waals surface area contributed by atoms with E-state index in [2.05, 4.69) is 30.9 Å². The fourth-order valence-corrected chi connectivity index (χ4v) is 4.23. The molecule has 2 saturated heterocycles. The van der Waals surface area contributed by atoms with Gasteiger partial charge in [-0.3, -0.25) is 9.79 Å². The first-order chi connectivity index (χ1) is 11.1. The lowest BCUT2D eigenvalue weighted by Gasteiger charge is -2.40. The summed E-state index contributed by atoms with van der Waals surface area (Å²) in [4.78, 5) is 22.8. The minimum atomic E-state index is 0.0962. The summed E-state index contributed by atoms with van der Waals surface area (Å²) < 4.78 is 0. The van der Waals surface area contributed by atoms with Crippen molar-refractivity contribution in [3.8, 4) is 0 Å². The van der Waals surface area contributed by atoms with Gasteiger partial charge in [-0.25, -0.2) is 4.98 Å². The molecule has 1 atom stereocenters. The first-order valence-corrected chi connectivity index (χ1v) is 9.11. The van der Waals surface area contributed by atoms with E-state index >= 15 is 0 Å². The summed E-state index contributed by atoms with van der Waals surface area (Å²) in [6, 6.07) is 0. The van der Waals surface area contributed by atoms with Gasteiger partial charge < -0.3 is 15.5 Å². The van der Waals surface area contributed by atoms with Gasteiger partial charge in [0.15, 0.2) is 5.96 Å². The second-order valence-corrected chi connectivity index (χ2v) is 7.62. The fourth-order valence-electron chi connectivity index (χ4n) is 3.59. The second kappa shape index (κ2) is 6.86. The normalized spacial score (nSPS) is 25.0. The van der Waals surface area contributed by atoms with Crippen LogP contribution in [-0.2, 0) is 11.2 Å². The molecule has 2 aliphatic rings. The molecule has 1 aromatic heterocycles. The van der Waals surface area contributed by atoms with Crippen LogP contribution in [0.1, 0.15) is 30.0 Å². The molecular weight excluding hydrogens is 310 g/mol. The predicted molar refractivity (Wildman–Crippen MR) is 92.8 cm³/mol. The van der Waals surface area contributed by atoms with E-state index in [1.54, 1.807) is 11.3 Å². The van der Waals surface area contributed by atoms with Gasteiger partial charge in [-0.05, 0) is 19.8 Å². The van der Waals surface area contributed by atoms with Crippen LogP contribution >= 0.6 is 11.3 Å². The third-order valence-corrected chi connectivity index (χ3v) is 5.52. The smallest absolute Gasteiger partial charge is 0.220 e. The zero-order chi connectivity index (χ0) is 16.3. The number of aryl methyl sites for hydroxylation is 1. The number of carbonyl (C=O) groups excluding carboxylic acids is 1. The van der Waals surface area contributed by atoms with Crippen LogP contribution < -0.4 is 10.6 Å². The Morgan fingerprint density at radius 3 is 3.13 bits per heavy atom. The summed E-state index contributed by atoms with van der Waals surface area (Å²) in [5.74, 6) is 1.13. The summed E-state index contributed by atoms with van der Waals surface area (Å²) in [5.41, 5.74) is 1.23. The van der Waals surface area contributed by atoms with Crippen LogP contribution in [0.25, 0.3) is 0 Å². The molecule has 0 bridgehead atoms. The van der Waals surface area contributed by atoms with E-state index in [0.717, 1.165) is 62.1 Å². The van der Waals surface area contributed by atoms with E-state index in [4.69, 9.17) is 0 Å². The molecule has 1 amide bonds. The Morgan fingerprint density at radius 1 is 1.61 bits per heavy atom. The molecule has 2 N–H and O–H groups in total. The van der Waals surface area contributed by atoms with Crippen molar-refractivity contribution in [1.29, 1.82) is 0 Å². The number of guanidine groups is 1. The van der Waals surface area contributed by atoms with Gasteiger partial charge in [0.2, 0.25) is 5.91 Å². The quantitative estimate of drug-likeness (QED) is 0.643. The Kier molecular flexibility index (Phi) is 4.84. The zero-order valence-corrected chi connectivity index (χ0v) is 14.7. The topological polar surface area (TPSA) is 69.6 Å². The molecular formula is C16H25N5OS. The number of amides is 1. The van der Waals surface area contributed by atoms with Gasteiger partial charge >= 0.3 is 0 Å². The third kappa shape index (κ3) is 3.83. The number of likely N-dealkylation sites (tertiary alicyclic amines) is 1. The van der Waals surface area contributed by atoms with E-state index in [1.165, 1.54) is 0 Å². The van der Waals surface area contributed by atoms with Gasteiger partial charge in [0, 0.05) is 56.9 Å². The highest BCUT2D eigenvalue weighted by Crippen LogP contribution is 2.35. The Balaban J connectivity index is 1.54. The summed E-state index contributed by atoms with van der Waals surface area (Å²) in [5, 5.41) is 9.67. The van der Waals surface area contributed by atoms with Crippen molar-refractivity contribution in [1.82, 2.24) is 20.5 Å². The highest BCUT2D eigenvalue weighted by molar-refractivity contribution is 7.09. The van der Waals surface area contributed by atoms with E-state index in [9.17, 15) is 4.79 Å². The molecule has 7 heteroatoms. The minimum absolute atomic E-state index is 0.0962. The Labute approximate surface area is 141 Å². The number of rotatable bonds is 3. The number of aliphatic imine (C=N–C) groups is 1. The van der Waals surface area contributed by atoms with Crippen LogP contribution in [0.15, 0.2) is 10.4 Å². The molecule has 0 radical (unpaired) electrons. The van der Waals surface area contributed by atoms with E-state index < -0.39 is 0 Å². The van der Waals surface area contributed by atoms with E-state index in [-0.39, 0.29) is 11.3 Å². The van der Waals surface area contributed by atoms with Crippen molar-refractivity contribution < 1.29 is 4.79 Å². The van der Waals surface area contributed by atoms with Gasteiger partial charge in [0.1, 0.15) is 0 Å². The van der Waals surface area contributed by atoms with Gasteiger partial charge in [-0.2, -0.15) is 0 Å². The molecule has 23 heavy (non-hydrogen) atoms. The summed E-state index contributed by atoms with van der Waals surface area (Å²) in [6.07, 6.45) is 3.79. The van der Waals surface area contributed by atoms with Crippen LogP contribution in [0, 0.1) is 12.3 Å². The van der Waals surface area contributed by atoms with Crippen LogP contribution in [-0.4, -0.2) is 55.0 Å². The minimum Gasteiger partial charge on any atom is -0.356 e. The predicted octanol–water partition coefficient (Wildman–Crippen LogP) is 1.17. The molecule has 2 fully saturated rings. The lowest BCUT2D eigenvalue weighted by molar-refractivity contribution is -0.119.